The molecule has 1 aromatic rings. The van der Waals surface area contributed by atoms with Gasteiger partial charge in [-0.2, -0.15) is 8.42 Å². The number of hydrogen-bond acceptors (Lipinski definition) is 6. The largest absolute Gasteiger partial charge is 0.297 e. The second kappa shape index (κ2) is 5.02. The van der Waals surface area contributed by atoms with E-state index < -0.39 is 27.4 Å². The average molecular weight is 259 g/mol. The van der Waals surface area contributed by atoms with Crippen molar-refractivity contribution in [3.05, 3.63) is 34.4 Å². The number of non-ortho nitro benzene ring substituents is 1. The molecule has 7 nitrogen and oxygen atoms in total. The molecule has 0 bridgehead atoms. The van der Waals surface area contributed by atoms with E-state index in [1.54, 1.807) is 0 Å². The summed E-state index contributed by atoms with van der Waals surface area (Å²) in [6.45, 7) is 0.630. The minimum atomic E-state index is -4.04. The van der Waals surface area contributed by atoms with E-state index in [1.807, 2.05) is 0 Å². The summed E-state index contributed by atoms with van der Waals surface area (Å²) in [5.41, 5.74) is -0.226. The fourth-order valence-corrected chi connectivity index (χ4v) is 1.89. The third-order valence-corrected chi connectivity index (χ3v) is 3.03. The molecule has 0 unspecified atom stereocenters. The molecule has 8 heteroatoms. The molecule has 17 heavy (non-hydrogen) atoms. The summed E-state index contributed by atoms with van der Waals surface area (Å²) in [7, 11) is -4.04. The maximum absolute atomic E-state index is 11.5. The quantitative estimate of drug-likeness (QED) is 0.442. The lowest BCUT2D eigenvalue weighted by atomic mass is 10.3. The Morgan fingerprint density at radius 1 is 1.35 bits per heavy atom. The van der Waals surface area contributed by atoms with Crippen LogP contribution in [0.15, 0.2) is 29.2 Å². The number of hydrogen-bond donors (Lipinski definition) is 0. The Morgan fingerprint density at radius 2 is 1.88 bits per heavy atom. The molecule has 0 spiro atoms. The van der Waals surface area contributed by atoms with E-state index in [0.29, 0.717) is 0 Å². The smallest absolute Gasteiger partial charge is 0.297 e. The molecular formula is C9H9NO6S. The van der Waals surface area contributed by atoms with Crippen molar-refractivity contribution in [3.8, 4) is 0 Å². The van der Waals surface area contributed by atoms with Crippen LogP contribution in [-0.2, 0) is 19.1 Å². The maximum atomic E-state index is 11.5. The summed E-state index contributed by atoms with van der Waals surface area (Å²) in [6.07, 6.45) is 0. The number of ketones is 1. The van der Waals surface area contributed by atoms with E-state index in [-0.39, 0.29) is 10.6 Å². The van der Waals surface area contributed by atoms with E-state index in [0.717, 1.165) is 24.3 Å². The van der Waals surface area contributed by atoms with Crippen LogP contribution in [0.5, 0.6) is 0 Å². The molecule has 0 radical (unpaired) electrons. The molecule has 0 aliphatic rings. The summed E-state index contributed by atoms with van der Waals surface area (Å²) < 4.78 is 27.4. The Labute approximate surface area is 97.3 Å². The number of nitrogens with zero attached hydrogens (tertiary/aromatic N) is 1. The zero-order valence-electron chi connectivity index (χ0n) is 8.82. The van der Waals surface area contributed by atoms with E-state index >= 15 is 0 Å². The van der Waals surface area contributed by atoms with Gasteiger partial charge in [-0.15, -0.1) is 0 Å². The second-order valence-corrected chi connectivity index (χ2v) is 4.78. The van der Waals surface area contributed by atoms with Crippen molar-refractivity contribution >= 4 is 21.6 Å². The predicted octanol–water partition coefficient (Wildman–Crippen LogP) is 0.889. The van der Waals surface area contributed by atoms with Crippen molar-refractivity contribution in [2.75, 3.05) is 6.61 Å². The average Bonchev–Trinajstić information content (AvgIpc) is 2.27. The van der Waals surface area contributed by atoms with Crippen molar-refractivity contribution in [1.82, 2.24) is 0 Å². The Bertz CT molecular complexity index is 533. The fourth-order valence-electron chi connectivity index (χ4n) is 0.963. The van der Waals surface area contributed by atoms with Gasteiger partial charge in [0.15, 0.2) is 5.78 Å². The van der Waals surface area contributed by atoms with Gasteiger partial charge in [0.25, 0.3) is 15.8 Å². The van der Waals surface area contributed by atoms with Gasteiger partial charge in [-0.05, 0) is 19.1 Å². The van der Waals surface area contributed by atoms with Crippen LogP contribution < -0.4 is 0 Å². The van der Waals surface area contributed by atoms with Crippen LogP contribution in [0.25, 0.3) is 0 Å². The lowest BCUT2D eigenvalue weighted by Crippen LogP contribution is -2.12. The van der Waals surface area contributed by atoms with Gasteiger partial charge in [0.2, 0.25) is 0 Å². The highest BCUT2D eigenvalue weighted by Gasteiger charge is 2.17. The summed E-state index contributed by atoms with van der Waals surface area (Å²) in [4.78, 5) is 20.1. The van der Waals surface area contributed by atoms with E-state index in [9.17, 15) is 23.3 Å². The molecule has 0 saturated carbocycles. The van der Waals surface area contributed by atoms with Crippen molar-refractivity contribution in [2.45, 2.75) is 11.8 Å². The Hall–Kier alpha value is -1.80. The van der Waals surface area contributed by atoms with E-state index in [1.165, 1.54) is 6.92 Å². The van der Waals surface area contributed by atoms with Crippen molar-refractivity contribution < 1.29 is 22.3 Å². The van der Waals surface area contributed by atoms with Gasteiger partial charge in [0.05, 0.1) is 9.82 Å². The first-order chi connectivity index (χ1) is 7.83. The lowest BCUT2D eigenvalue weighted by molar-refractivity contribution is -0.384. The minimum absolute atomic E-state index is 0.226. The summed E-state index contributed by atoms with van der Waals surface area (Å²) in [5.74, 6) is -0.435. The third kappa shape index (κ3) is 3.61. The molecule has 1 aromatic carbocycles. The lowest BCUT2D eigenvalue weighted by Gasteiger charge is -2.03. The monoisotopic (exact) mass is 259 g/mol. The first-order valence-electron chi connectivity index (χ1n) is 4.46. The van der Waals surface area contributed by atoms with Gasteiger partial charge < -0.3 is 0 Å². The van der Waals surface area contributed by atoms with Gasteiger partial charge in [-0.1, -0.05) is 0 Å². The SMILES string of the molecule is CC(=O)COS(=O)(=O)c1ccc([N+](=O)[O-])cc1. The minimum Gasteiger partial charge on any atom is -0.297 e. The number of rotatable bonds is 5. The first kappa shape index (κ1) is 13.3. The maximum Gasteiger partial charge on any atom is 0.297 e. The molecular weight excluding hydrogens is 250 g/mol. The number of nitro groups is 1. The molecule has 0 aliphatic heterocycles. The van der Waals surface area contributed by atoms with Crippen LogP contribution in [0.2, 0.25) is 0 Å². The highest BCUT2D eigenvalue weighted by molar-refractivity contribution is 7.86. The molecule has 0 aromatic heterocycles. The number of carbonyl (C=O) groups excluding carboxylic acids is 1. The fraction of sp³-hybridized carbons (Fsp3) is 0.222. The second-order valence-electron chi connectivity index (χ2n) is 3.17. The van der Waals surface area contributed by atoms with Gasteiger partial charge in [-0.3, -0.25) is 19.1 Å². The topological polar surface area (TPSA) is 104 Å². The first-order valence-corrected chi connectivity index (χ1v) is 5.87. The zero-order valence-corrected chi connectivity index (χ0v) is 9.64. The van der Waals surface area contributed by atoms with Crippen molar-refractivity contribution in [2.24, 2.45) is 0 Å². The number of carbonyl (C=O) groups is 1. The number of nitro benzene ring substituents is 1. The molecule has 0 aliphatic carbocycles. The summed E-state index contributed by atoms with van der Waals surface area (Å²) in [6, 6.07) is 4.19. The highest BCUT2D eigenvalue weighted by atomic mass is 32.2. The predicted molar refractivity (Wildman–Crippen MR) is 56.9 cm³/mol. The molecule has 92 valence electrons. The Kier molecular flexibility index (Phi) is 3.92. The normalized spacial score (nSPS) is 11.1. The van der Waals surface area contributed by atoms with Gasteiger partial charge >= 0.3 is 0 Å². The van der Waals surface area contributed by atoms with E-state index in [2.05, 4.69) is 4.18 Å². The highest BCUT2D eigenvalue weighted by Crippen LogP contribution is 2.17. The molecule has 0 saturated heterocycles. The molecule has 0 heterocycles. The summed E-state index contributed by atoms with van der Waals surface area (Å²) >= 11 is 0. The van der Waals surface area contributed by atoms with Crippen LogP contribution in [0.4, 0.5) is 5.69 Å². The molecule has 1 rings (SSSR count). The number of benzene rings is 1. The van der Waals surface area contributed by atoms with Crippen LogP contribution in [0.3, 0.4) is 0 Å². The van der Waals surface area contributed by atoms with Gasteiger partial charge in [0, 0.05) is 12.1 Å². The molecule has 0 fully saturated rings. The van der Waals surface area contributed by atoms with Gasteiger partial charge in [0.1, 0.15) is 6.61 Å². The Balaban J connectivity index is 2.92. The van der Waals surface area contributed by atoms with Crippen LogP contribution >= 0.6 is 0 Å². The van der Waals surface area contributed by atoms with Crippen LogP contribution in [0, 0.1) is 10.1 Å². The van der Waals surface area contributed by atoms with Crippen molar-refractivity contribution in [3.63, 3.8) is 0 Å². The Morgan fingerprint density at radius 3 is 2.29 bits per heavy atom. The zero-order chi connectivity index (χ0) is 13.1. The standard InChI is InChI=1S/C9H9NO6S/c1-7(11)6-16-17(14,15)9-4-2-8(3-5-9)10(12)13/h2-5H,6H2,1H3. The number of Topliss-reactive ketones (excluding diaryl/α,β-unsaturated/α-hetero) is 1. The molecule has 0 N–H and O–H groups in total. The van der Waals surface area contributed by atoms with Crippen molar-refractivity contribution in [1.29, 1.82) is 0 Å². The molecule has 0 atom stereocenters. The van der Waals surface area contributed by atoms with E-state index in [4.69, 9.17) is 0 Å². The summed E-state index contributed by atoms with van der Waals surface area (Å²) in [5, 5.41) is 10.4. The molecule has 0 amide bonds. The van der Waals surface area contributed by atoms with Crippen LogP contribution in [0.1, 0.15) is 6.92 Å². The third-order valence-electron chi connectivity index (χ3n) is 1.75. The van der Waals surface area contributed by atoms with Crippen LogP contribution in [-0.4, -0.2) is 25.7 Å². The van der Waals surface area contributed by atoms with Gasteiger partial charge in [-0.25, -0.2) is 0 Å².